The zero-order valence-electron chi connectivity index (χ0n) is 30.4. The summed E-state index contributed by atoms with van der Waals surface area (Å²) in [5.74, 6) is 2.66. The molecule has 264 valence electrons. The number of ether oxygens (including phenoxy) is 2. The van der Waals surface area contributed by atoms with Crippen molar-refractivity contribution in [3.8, 4) is 11.5 Å². The largest absolute Gasteiger partial charge is 0.487 e. The van der Waals surface area contributed by atoms with Crippen molar-refractivity contribution in [2.24, 2.45) is 5.41 Å². The highest BCUT2D eigenvalue weighted by Crippen LogP contribution is 2.51. The highest BCUT2D eigenvalue weighted by atomic mass is 16.5. The summed E-state index contributed by atoms with van der Waals surface area (Å²) < 4.78 is 12.2. The van der Waals surface area contributed by atoms with Gasteiger partial charge in [0.1, 0.15) is 18.1 Å². The number of benzene rings is 5. The fourth-order valence-corrected chi connectivity index (χ4v) is 7.53. The lowest BCUT2D eigenvalue weighted by atomic mass is 9.90. The molecule has 0 aromatic heterocycles. The van der Waals surface area contributed by atoms with Gasteiger partial charge >= 0.3 is 0 Å². The first-order valence-corrected chi connectivity index (χ1v) is 18.1. The minimum atomic E-state index is -0.127. The molecule has 5 aromatic rings. The number of hydrogen-bond acceptors (Lipinski definition) is 6. The van der Waals surface area contributed by atoms with Crippen LogP contribution in [0, 0.1) is 5.41 Å². The van der Waals surface area contributed by atoms with Crippen molar-refractivity contribution >= 4 is 56.5 Å². The molecule has 0 fully saturated rings. The normalized spacial score (nSPS) is 19.2. The average molecular weight is 697 g/mol. The second-order valence-corrected chi connectivity index (χ2v) is 14.3. The summed E-state index contributed by atoms with van der Waals surface area (Å²) in [5, 5.41) is 2.03. The van der Waals surface area contributed by atoms with Crippen molar-refractivity contribution in [2.75, 3.05) is 27.9 Å². The average Bonchev–Trinajstić information content (AvgIpc) is 3.47. The summed E-state index contributed by atoms with van der Waals surface area (Å²) in [5.41, 5.74) is 22.4. The van der Waals surface area contributed by atoms with E-state index in [2.05, 4.69) is 122 Å². The second-order valence-electron chi connectivity index (χ2n) is 14.3. The zero-order chi connectivity index (χ0) is 36.7. The van der Waals surface area contributed by atoms with Gasteiger partial charge < -0.3 is 30.7 Å². The van der Waals surface area contributed by atoms with Crippen LogP contribution < -0.4 is 30.7 Å². The van der Waals surface area contributed by atoms with Crippen molar-refractivity contribution in [1.82, 2.24) is 0 Å². The topological polar surface area (TPSA) is 77.0 Å². The van der Waals surface area contributed by atoms with Crippen molar-refractivity contribution in [3.05, 3.63) is 169 Å². The van der Waals surface area contributed by atoms with Crippen molar-refractivity contribution in [3.63, 3.8) is 0 Å². The number of hydrogen-bond donors (Lipinski definition) is 2. The predicted octanol–water partition coefficient (Wildman–Crippen LogP) is 11.5. The van der Waals surface area contributed by atoms with Gasteiger partial charge in [-0.05, 0) is 102 Å². The molecule has 1 unspecified atom stereocenters. The van der Waals surface area contributed by atoms with Gasteiger partial charge in [-0.3, -0.25) is 0 Å². The van der Waals surface area contributed by atoms with Gasteiger partial charge in [0.05, 0.1) is 28.4 Å². The number of nitrogens with two attached hydrogens (primary N) is 2. The monoisotopic (exact) mass is 696 g/mol. The Balaban J connectivity index is 0.000000151. The van der Waals surface area contributed by atoms with Gasteiger partial charge in [-0.15, -0.1) is 0 Å². The molecule has 0 saturated heterocycles. The first-order chi connectivity index (χ1) is 25.7. The molecule has 0 radical (unpaired) electrons. The Morgan fingerprint density at radius 3 is 2.42 bits per heavy atom. The number of anilines is 6. The van der Waals surface area contributed by atoms with Crippen LogP contribution in [0.3, 0.4) is 0 Å². The fraction of sp³-hybridized carbons (Fsp3) is 0.149. The van der Waals surface area contributed by atoms with Crippen LogP contribution in [-0.2, 0) is 0 Å². The first-order valence-electron chi connectivity index (χ1n) is 18.1. The molecule has 1 atom stereocenters. The van der Waals surface area contributed by atoms with Crippen LogP contribution in [0.25, 0.3) is 22.4 Å². The summed E-state index contributed by atoms with van der Waals surface area (Å²) in [6.07, 6.45) is 17.9. The molecular weight excluding hydrogens is 653 g/mol. The van der Waals surface area contributed by atoms with Gasteiger partial charge in [-0.2, -0.15) is 0 Å². The molecule has 5 aromatic carbocycles. The van der Waals surface area contributed by atoms with E-state index in [0.29, 0.717) is 18.0 Å². The molecular formula is C47H44N4O2. The maximum atomic E-state index is 6.18. The SMILES string of the molecule is C=C1CC=Cc2cc(N3c4ccccc4OC/C=C\C=C/C3C)ccc21.CC1(C)C=CC2=C1N(c1ccc3c(N)c(N)ccc3c1)c1ccccc1O2. The Labute approximate surface area is 311 Å². The Morgan fingerprint density at radius 1 is 0.792 bits per heavy atom. The Morgan fingerprint density at radius 2 is 1.57 bits per heavy atom. The Kier molecular flexibility index (Phi) is 8.67. The summed E-state index contributed by atoms with van der Waals surface area (Å²) >= 11 is 0. The maximum Gasteiger partial charge on any atom is 0.151 e. The fourth-order valence-electron chi connectivity index (χ4n) is 7.53. The van der Waals surface area contributed by atoms with E-state index < -0.39 is 0 Å². The number of nitrogen functional groups attached to an aromatic ring is 2. The number of allylic oxidation sites excluding steroid dienone is 6. The molecule has 53 heavy (non-hydrogen) atoms. The number of para-hydroxylation sites is 4. The van der Waals surface area contributed by atoms with Gasteiger partial charge in [0.2, 0.25) is 0 Å². The van der Waals surface area contributed by atoms with Crippen LogP contribution in [-0.4, -0.2) is 12.6 Å². The van der Waals surface area contributed by atoms with E-state index in [1.54, 1.807) is 0 Å². The molecule has 6 heteroatoms. The third-order valence-corrected chi connectivity index (χ3v) is 10.2. The quantitative estimate of drug-likeness (QED) is 0.179. The van der Waals surface area contributed by atoms with Gasteiger partial charge in [-0.1, -0.05) is 99.3 Å². The molecule has 0 bridgehead atoms. The molecule has 2 aliphatic carbocycles. The molecule has 0 spiro atoms. The minimum absolute atomic E-state index is 0.127. The molecule has 4 aliphatic rings. The standard InChI is InChI=1S/C24H23NO.C23H21N3O/c1-18-9-8-11-20-17-21(14-15-22(18)20)25-19(2)10-4-3-7-16-26-24-13-6-5-12-23(24)25;1-23(2)12-11-20-22(23)26(18-5-3-4-6-19(18)27-20)15-8-9-16-14(13-15)7-10-17(24)21(16)25/h3-8,10-15,17,19H,1,9,16H2,2H3;3-13H,24-25H2,1-2H3/b7-3-,10-4-;. The van der Waals surface area contributed by atoms with Gasteiger partial charge in [0.25, 0.3) is 0 Å². The summed E-state index contributed by atoms with van der Waals surface area (Å²) in [6, 6.07) is 33.4. The van der Waals surface area contributed by atoms with Crippen LogP contribution in [0.2, 0.25) is 0 Å². The zero-order valence-corrected chi connectivity index (χ0v) is 30.4. The van der Waals surface area contributed by atoms with E-state index in [4.69, 9.17) is 20.9 Å². The van der Waals surface area contributed by atoms with Gasteiger partial charge in [-0.25, -0.2) is 0 Å². The second kappa shape index (κ2) is 13.6. The smallest absolute Gasteiger partial charge is 0.151 e. The summed E-state index contributed by atoms with van der Waals surface area (Å²) in [7, 11) is 0. The van der Waals surface area contributed by atoms with E-state index in [1.807, 2.05) is 60.7 Å². The van der Waals surface area contributed by atoms with Crippen LogP contribution in [0.5, 0.6) is 11.5 Å². The van der Waals surface area contributed by atoms with Gasteiger partial charge in [0.15, 0.2) is 5.75 Å². The molecule has 9 rings (SSSR count). The van der Waals surface area contributed by atoms with Crippen LogP contribution in [0.4, 0.5) is 34.1 Å². The van der Waals surface area contributed by atoms with E-state index in [9.17, 15) is 0 Å². The minimum Gasteiger partial charge on any atom is -0.487 e. The molecule has 2 heterocycles. The van der Waals surface area contributed by atoms with Crippen LogP contribution in [0.15, 0.2) is 158 Å². The molecule has 6 nitrogen and oxygen atoms in total. The third-order valence-electron chi connectivity index (χ3n) is 10.2. The highest BCUT2D eigenvalue weighted by Gasteiger charge is 2.39. The van der Waals surface area contributed by atoms with Crippen LogP contribution in [0.1, 0.15) is 38.3 Å². The maximum absolute atomic E-state index is 6.18. The highest BCUT2D eigenvalue weighted by molar-refractivity contribution is 6.00. The number of nitrogens with zero attached hydrogens (tertiary/aromatic N) is 2. The lowest BCUT2D eigenvalue weighted by Gasteiger charge is -2.38. The van der Waals surface area contributed by atoms with Crippen molar-refractivity contribution in [2.45, 2.75) is 33.2 Å². The van der Waals surface area contributed by atoms with E-state index in [-0.39, 0.29) is 11.5 Å². The number of rotatable bonds is 2. The molecule has 2 aliphatic heterocycles. The van der Waals surface area contributed by atoms with E-state index in [0.717, 1.165) is 62.9 Å². The van der Waals surface area contributed by atoms with Crippen molar-refractivity contribution in [1.29, 1.82) is 0 Å². The van der Waals surface area contributed by atoms with Gasteiger partial charge in [0, 0.05) is 28.2 Å². The summed E-state index contributed by atoms with van der Waals surface area (Å²) in [6.45, 7) is 11.4. The van der Waals surface area contributed by atoms with E-state index in [1.165, 1.54) is 16.7 Å². The molecule has 4 N–H and O–H groups in total. The Bertz CT molecular complexity index is 2410. The van der Waals surface area contributed by atoms with E-state index >= 15 is 0 Å². The molecule has 0 saturated carbocycles. The Hall–Kier alpha value is -6.40. The number of fused-ring (bicyclic) bond motifs is 4. The van der Waals surface area contributed by atoms with Crippen LogP contribution >= 0.6 is 0 Å². The molecule has 0 amide bonds. The lowest BCUT2D eigenvalue weighted by molar-refractivity contribution is 0.363. The lowest BCUT2D eigenvalue weighted by Crippen LogP contribution is -2.30. The third kappa shape index (κ3) is 6.27. The summed E-state index contributed by atoms with van der Waals surface area (Å²) in [4.78, 5) is 4.62. The first kappa shape index (κ1) is 33.7. The van der Waals surface area contributed by atoms with Crippen molar-refractivity contribution < 1.29 is 9.47 Å². The predicted molar refractivity (Wildman–Crippen MR) is 223 cm³/mol.